The maximum absolute atomic E-state index is 10.8. The molecule has 15 heavy (non-hydrogen) atoms. The van der Waals surface area contributed by atoms with Crippen LogP contribution in [-0.2, 0) is 0 Å². The molecule has 1 rings (SSSR count). The fourth-order valence-corrected chi connectivity index (χ4v) is 1.45. The Bertz CT molecular complexity index is 432. The van der Waals surface area contributed by atoms with E-state index in [1.165, 1.54) is 6.07 Å². The van der Waals surface area contributed by atoms with Gasteiger partial charge in [0.2, 0.25) is 0 Å². The van der Waals surface area contributed by atoms with E-state index in [0.717, 1.165) is 5.33 Å². The first-order chi connectivity index (χ1) is 7.16. The SMILES string of the molecule is O=C(O)c1cccc(C#CCCBr)c1Cl. The Morgan fingerprint density at radius 1 is 1.53 bits per heavy atom. The molecule has 1 N–H and O–H groups in total. The molecule has 4 heteroatoms. The zero-order valence-corrected chi connectivity index (χ0v) is 10.1. The molecular formula is C11H8BrClO2. The number of aromatic carboxylic acids is 1. The van der Waals surface area contributed by atoms with Crippen molar-refractivity contribution < 1.29 is 9.90 Å². The first-order valence-electron chi connectivity index (χ1n) is 4.23. The van der Waals surface area contributed by atoms with E-state index in [9.17, 15) is 4.79 Å². The summed E-state index contributed by atoms with van der Waals surface area (Å²) in [5.41, 5.74) is 0.639. The van der Waals surface area contributed by atoms with Gasteiger partial charge in [-0.15, -0.1) is 0 Å². The maximum atomic E-state index is 10.8. The van der Waals surface area contributed by atoms with E-state index in [1.54, 1.807) is 12.1 Å². The predicted octanol–water partition coefficient (Wildman–Crippen LogP) is 3.17. The van der Waals surface area contributed by atoms with Gasteiger partial charge in [0.25, 0.3) is 0 Å². The molecule has 78 valence electrons. The molecule has 1 aromatic rings. The number of hydrogen-bond acceptors (Lipinski definition) is 1. The van der Waals surface area contributed by atoms with Gasteiger partial charge in [-0.2, -0.15) is 0 Å². The van der Waals surface area contributed by atoms with Crippen LogP contribution in [0.1, 0.15) is 22.3 Å². The molecule has 0 radical (unpaired) electrons. The largest absolute Gasteiger partial charge is 0.478 e. The number of carboxylic acid groups (broad SMARTS) is 1. The first-order valence-corrected chi connectivity index (χ1v) is 5.73. The molecule has 1 aromatic carbocycles. The van der Waals surface area contributed by atoms with Crippen molar-refractivity contribution in [3.63, 3.8) is 0 Å². The fraction of sp³-hybridized carbons (Fsp3) is 0.182. The Balaban J connectivity index is 3.06. The van der Waals surface area contributed by atoms with Crippen LogP contribution in [0.25, 0.3) is 0 Å². The van der Waals surface area contributed by atoms with Crippen molar-refractivity contribution in [1.82, 2.24) is 0 Å². The van der Waals surface area contributed by atoms with E-state index in [2.05, 4.69) is 27.8 Å². The number of rotatable bonds is 2. The predicted molar refractivity (Wildman–Crippen MR) is 63.7 cm³/mol. The van der Waals surface area contributed by atoms with Gasteiger partial charge in [0.15, 0.2) is 0 Å². The zero-order chi connectivity index (χ0) is 11.3. The Morgan fingerprint density at radius 2 is 2.27 bits per heavy atom. The summed E-state index contributed by atoms with van der Waals surface area (Å²) in [5, 5.41) is 9.81. The molecule has 0 fully saturated rings. The van der Waals surface area contributed by atoms with Crippen LogP contribution in [0.15, 0.2) is 18.2 Å². The molecule has 0 aromatic heterocycles. The second-order valence-corrected chi connectivity index (χ2v) is 3.88. The number of alkyl halides is 1. The second kappa shape index (κ2) is 5.79. The fourth-order valence-electron chi connectivity index (χ4n) is 0.999. The summed E-state index contributed by atoms with van der Waals surface area (Å²) in [4.78, 5) is 10.8. The van der Waals surface area contributed by atoms with Crippen molar-refractivity contribution in [2.24, 2.45) is 0 Å². The summed E-state index contributed by atoms with van der Waals surface area (Å²) in [7, 11) is 0. The van der Waals surface area contributed by atoms with Crippen molar-refractivity contribution >= 4 is 33.5 Å². The lowest BCUT2D eigenvalue weighted by molar-refractivity contribution is 0.0697. The van der Waals surface area contributed by atoms with Gasteiger partial charge in [-0.05, 0) is 12.1 Å². The topological polar surface area (TPSA) is 37.3 Å². The second-order valence-electron chi connectivity index (χ2n) is 2.71. The van der Waals surface area contributed by atoms with Crippen LogP contribution in [0.3, 0.4) is 0 Å². The third kappa shape index (κ3) is 3.26. The van der Waals surface area contributed by atoms with Gasteiger partial charge in [0.1, 0.15) is 0 Å². The highest BCUT2D eigenvalue weighted by Gasteiger charge is 2.10. The standard InChI is InChI=1S/C11H8BrClO2/c12-7-2-1-4-8-5-3-6-9(10(8)13)11(14)15/h3,5-6H,2,7H2,(H,14,15). The molecular weight excluding hydrogens is 279 g/mol. The molecule has 2 nitrogen and oxygen atoms in total. The minimum Gasteiger partial charge on any atom is -0.478 e. The van der Waals surface area contributed by atoms with Crippen LogP contribution in [0.4, 0.5) is 0 Å². The van der Waals surface area contributed by atoms with Gasteiger partial charge >= 0.3 is 5.97 Å². The summed E-state index contributed by atoms with van der Waals surface area (Å²) in [6.45, 7) is 0. The third-order valence-corrected chi connectivity index (χ3v) is 2.48. The summed E-state index contributed by atoms with van der Waals surface area (Å²) in [6, 6.07) is 4.80. The van der Waals surface area contributed by atoms with Crippen LogP contribution < -0.4 is 0 Å². The van der Waals surface area contributed by atoms with Crippen LogP contribution in [-0.4, -0.2) is 16.4 Å². The van der Waals surface area contributed by atoms with Gasteiger partial charge in [-0.3, -0.25) is 0 Å². The lowest BCUT2D eigenvalue weighted by atomic mass is 10.1. The van der Waals surface area contributed by atoms with Crippen LogP contribution in [0.2, 0.25) is 5.02 Å². The Hall–Kier alpha value is -0.980. The van der Waals surface area contributed by atoms with Crippen molar-refractivity contribution in [3.8, 4) is 11.8 Å². The number of carbonyl (C=O) groups is 1. The number of benzene rings is 1. The molecule has 0 amide bonds. The first kappa shape index (κ1) is 12.1. The normalized spacial score (nSPS) is 9.20. The van der Waals surface area contributed by atoms with E-state index in [0.29, 0.717) is 12.0 Å². The van der Waals surface area contributed by atoms with E-state index in [1.807, 2.05) is 0 Å². The highest BCUT2D eigenvalue weighted by atomic mass is 79.9. The summed E-state index contributed by atoms with van der Waals surface area (Å²) >= 11 is 9.14. The molecule has 0 heterocycles. The monoisotopic (exact) mass is 286 g/mol. The average Bonchev–Trinajstić information content (AvgIpc) is 2.20. The summed E-state index contributed by atoms with van der Waals surface area (Å²) in [6.07, 6.45) is 0.702. The van der Waals surface area contributed by atoms with Crippen LogP contribution in [0, 0.1) is 11.8 Å². The molecule has 0 unspecified atom stereocenters. The smallest absolute Gasteiger partial charge is 0.337 e. The van der Waals surface area contributed by atoms with Gasteiger partial charge in [-0.1, -0.05) is 45.4 Å². The number of halogens is 2. The van der Waals surface area contributed by atoms with E-state index < -0.39 is 5.97 Å². The van der Waals surface area contributed by atoms with Crippen molar-refractivity contribution in [3.05, 3.63) is 34.3 Å². The minimum absolute atomic E-state index is 0.0855. The number of hydrogen-bond donors (Lipinski definition) is 1. The quantitative estimate of drug-likeness (QED) is 0.670. The van der Waals surface area contributed by atoms with Gasteiger partial charge in [0, 0.05) is 17.3 Å². The van der Waals surface area contributed by atoms with E-state index >= 15 is 0 Å². The lowest BCUT2D eigenvalue weighted by Crippen LogP contribution is -1.98. The lowest BCUT2D eigenvalue weighted by Gasteiger charge is -1.99. The van der Waals surface area contributed by atoms with Crippen molar-refractivity contribution in [1.29, 1.82) is 0 Å². The van der Waals surface area contributed by atoms with Crippen molar-refractivity contribution in [2.75, 3.05) is 5.33 Å². The molecule has 0 atom stereocenters. The Morgan fingerprint density at radius 3 is 2.87 bits per heavy atom. The Labute approximate surface area is 101 Å². The van der Waals surface area contributed by atoms with Crippen LogP contribution >= 0.6 is 27.5 Å². The summed E-state index contributed by atoms with van der Waals surface area (Å²) < 4.78 is 0. The van der Waals surface area contributed by atoms with E-state index in [-0.39, 0.29) is 10.6 Å². The maximum Gasteiger partial charge on any atom is 0.337 e. The highest BCUT2D eigenvalue weighted by Crippen LogP contribution is 2.20. The molecule has 0 aliphatic heterocycles. The van der Waals surface area contributed by atoms with Gasteiger partial charge in [0.05, 0.1) is 10.6 Å². The average molecular weight is 288 g/mol. The highest BCUT2D eigenvalue weighted by molar-refractivity contribution is 9.09. The van der Waals surface area contributed by atoms with Gasteiger partial charge < -0.3 is 5.11 Å². The Kier molecular flexibility index (Phi) is 4.67. The van der Waals surface area contributed by atoms with E-state index in [4.69, 9.17) is 16.7 Å². The summed E-state index contributed by atoms with van der Waals surface area (Å²) in [5.74, 6) is 4.68. The molecule has 0 spiro atoms. The third-order valence-electron chi connectivity index (χ3n) is 1.67. The molecule has 0 saturated heterocycles. The molecule has 0 aliphatic carbocycles. The molecule has 0 saturated carbocycles. The molecule has 0 bridgehead atoms. The number of carboxylic acids is 1. The van der Waals surface area contributed by atoms with Crippen LogP contribution in [0.5, 0.6) is 0 Å². The minimum atomic E-state index is -1.04. The molecule has 0 aliphatic rings. The van der Waals surface area contributed by atoms with Crippen molar-refractivity contribution in [2.45, 2.75) is 6.42 Å². The van der Waals surface area contributed by atoms with Gasteiger partial charge in [-0.25, -0.2) is 4.79 Å². The zero-order valence-electron chi connectivity index (χ0n) is 7.76.